The van der Waals surface area contributed by atoms with Crippen molar-refractivity contribution in [2.45, 2.75) is 0 Å². The molecule has 4 aromatic rings. The van der Waals surface area contributed by atoms with Gasteiger partial charge in [0.15, 0.2) is 5.65 Å². The number of para-hydroxylation sites is 1. The zero-order valence-electron chi connectivity index (χ0n) is 13.3. The number of halogens is 1. The van der Waals surface area contributed by atoms with Gasteiger partial charge in [-0.1, -0.05) is 12.1 Å². The Kier molecular flexibility index (Phi) is 3.77. The molecule has 2 N–H and O–H groups in total. The first-order valence-electron chi connectivity index (χ1n) is 7.67. The van der Waals surface area contributed by atoms with Gasteiger partial charge >= 0.3 is 5.97 Å². The summed E-state index contributed by atoms with van der Waals surface area (Å²) in [6, 6.07) is 12.5. The monoisotopic (exact) mass is 349 g/mol. The quantitative estimate of drug-likeness (QED) is 0.587. The highest BCUT2D eigenvalue weighted by Gasteiger charge is 2.13. The SMILES string of the molecule is O=C(O)c1ccc(Nc2ncnc3c2cnn3-c2ccccc2F)cc1. The van der Waals surface area contributed by atoms with Gasteiger partial charge in [-0.15, -0.1) is 0 Å². The van der Waals surface area contributed by atoms with Crippen LogP contribution in [0.15, 0.2) is 61.1 Å². The molecule has 2 aromatic carbocycles. The van der Waals surface area contributed by atoms with E-state index in [1.54, 1.807) is 36.5 Å². The molecule has 0 amide bonds. The summed E-state index contributed by atoms with van der Waals surface area (Å²) in [7, 11) is 0. The number of rotatable bonds is 4. The van der Waals surface area contributed by atoms with Gasteiger partial charge in [-0.2, -0.15) is 5.10 Å². The van der Waals surface area contributed by atoms with Gasteiger partial charge in [-0.05, 0) is 36.4 Å². The summed E-state index contributed by atoms with van der Waals surface area (Å²) in [6.45, 7) is 0. The molecule has 0 saturated carbocycles. The molecule has 0 atom stereocenters. The Morgan fingerprint density at radius 2 is 1.85 bits per heavy atom. The van der Waals surface area contributed by atoms with E-state index in [0.29, 0.717) is 22.5 Å². The van der Waals surface area contributed by atoms with E-state index in [-0.39, 0.29) is 11.3 Å². The fourth-order valence-corrected chi connectivity index (χ4v) is 2.58. The number of nitrogens with zero attached hydrogens (tertiary/aromatic N) is 4. The van der Waals surface area contributed by atoms with E-state index in [4.69, 9.17) is 5.11 Å². The van der Waals surface area contributed by atoms with Crippen LogP contribution in [0.5, 0.6) is 0 Å². The molecule has 26 heavy (non-hydrogen) atoms. The maximum absolute atomic E-state index is 14.1. The Balaban J connectivity index is 1.73. The molecule has 4 rings (SSSR count). The Morgan fingerprint density at radius 3 is 2.58 bits per heavy atom. The summed E-state index contributed by atoms with van der Waals surface area (Å²) in [6.07, 6.45) is 2.91. The van der Waals surface area contributed by atoms with Gasteiger partial charge < -0.3 is 10.4 Å². The molecule has 0 unspecified atom stereocenters. The second kappa shape index (κ2) is 6.25. The van der Waals surface area contributed by atoms with Crippen LogP contribution in [0, 0.1) is 5.82 Å². The first kappa shape index (κ1) is 15.7. The fraction of sp³-hybridized carbons (Fsp3) is 0. The molecule has 8 heteroatoms. The number of carboxylic acids is 1. The number of anilines is 2. The third-order valence-corrected chi connectivity index (χ3v) is 3.84. The fourth-order valence-electron chi connectivity index (χ4n) is 2.58. The van der Waals surface area contributed by atoms with Crippen LogP contribution in [0.2, 0.25) is 0 Å². The molecule has 0 fully saturated rings. The average molecular weight is 349 g/mol. The Bertz CT molecular complexity index is 1110. The molecule has 0 aliphatic heterocycles. The van der Waals surface area contributed by atoms with E-state index in [0.717, 1.165) is 0 Å². The predicted octanol–water partition coefficient (Wildman–Crippen LogP) is 3.40. The Morgan fingerprint density at radius 1 is 1.08 bits per heavy atom. The zero-order chi connectivity index (χ0) is 18.1. The van der Waals surface area contributed by atoms with Crippen LogP contribution in [0.3, 0.4) is 0 Å². The van der Waals surface area contributed by atoms with Crippen molar-refractivity contribution in [1.29, 1.82) is 0 Å². The molecule has 0 aliphatic carbocycles. The maximum Gasteiger partial charge on any atom is 0.335 e. The van der Waals surface area contributed by atoms with Crippen LogP contribution in [0.1, 0.15) is 10.4 Å². The molecule has 0 aliphatic rings. The molecular weight excluding hydrogens is 337 g/mol. The Hall–Kier alpha value is -3.81. The third-order valence-electron chi connectivity index (χ3n) is 3.84. The van der Waals surface area contributed by atoms with Crippen LogP contribution in [0.4, 0.5) is 15.9 Å². The number of aromatic nitrogens is 4. The summed E-state index contributed by atoms with van der Waals surface area (Å²) < 4.78 is 15.5. The molecule has 0 spiro atoms. The molecule has 2 heterocycles. The van der Waals surface area contributed by atoms with Crippen molar-refractivity contribution in [2.75, 3.05) is 5.32 Å². The largest absolute Gasteiger partial charge is 0.478 e. The summed E-state index contributed by atoms with van der Waals surface area (Å²) >= 11 is 0. The summed E-state index contributed by atoms with van der Waals surface area (Å²) in [5, 5.41) is 16.9. The molecule has 128 valence electrons. The summed E-state index contributed by atoms with van der Waals surface area (Å²) in [4.78, 5) is 19.3. The van der Waals surface area contributed by atoms with Crippen molar-refractivity contribution in [1.82, 2.24) is 19.7 Å². The van der Waals surface area contributed by atoms with Gasteiger partial charge in [0.05, 0.1) is 17.1 Å². The standard InChI is InChI=1S/C18H12FN5O2/c19-14-3-1-2-4-15(14)24-17-13(9-22-24)16(20-10-21-17)23-12-7-5-11(6-8-12)18(25)26/h1-10H,(H,25,26)(H,20,21,23). The van der Waals surface area contributed by atoms with Crippen LogP contribution in [-0.2, 0) is 0 Å². The highest BCUT2D eigenvalue weighted by molar-refractivity contribution is 5.90. The van der Waals surface area contributed by atoms with Crippen molar-refractivity contribution in [3.05, 3.63) is 72.4 Å². The zero-order valence-corrected chi connectivity index (χ0v) is 13.3. The minimum atomic E-state index is -0.993. The second-order valence-electron chi connectivity index (χ2n) is 5.47. The molecular formula is C18H12FN5O2. The van der Waals surface area contributed by atoms with Crippen LogP contribution < -0.4 is 5.32 Å². The van der Waals surface area contributed by atoms with Gasteiger partial charge in [0.2, 0.25) is 0 Å². The van der Waals surface area contributed by atoms with Gasteiger partial charge in [0.25, 0.3) is 0 Å². The topological polar surface area (TPSA) is 92.9 Å². The number of hydrogen-bond donors (Lipinski definition) is 2. The first-order chi connectivity index (χ1) is 12.6. The van der Waals surface area contributed by atoms with Crippen LogP contribution >= 0.6 is 0 Å². The van der Waals surface area contributed by atoms with Crippen molar-refractivity contribution in [3.63, 3.8) is 0 Å². The van der Waals surface area contributed by atoms with E-state index < -0.39 is 11.8 Å². The third kappa shape index (κ3) is 2.73. The van der Waals surface area contributed by atoms with E-state index >= 15 is 0 Å². The lowest BCUT2D eigenvalue weighted by molar-refractivity contribution is 0.0697. The minimum Gasteiger partial charge on any atom is -0.478 e. The van der Waals surface area contributed by atoms with Gasteiger partial charge in [-0.3, -0.25) is 0 Å². The molecule has 2 aromatic heterocycles. The maximum atomic E-state index is 14.1. The van der Waals surface area contributed by atoms with E-state index in [9.17, 15) is 9.18 Å². The normalized spacial score (nSPS) is 10.8. The van der Waals surface area contributed by atoms with E-state index in [1.165, 1.54) is 29.2 Å². The molecule has 7 nitrogen and oxygen atoms in total. The number of carboxylic acid groups (broad SMARTS) is 1. The van der Waals surface area contributed by atoms with Gasteiger partial charge in [0.1, 0.15) is 23.6 Å². The van der Waals surface area contributed by atoms with Crippen molar-refractivity contribution in [2.24, 2.45) is 0 Å². The number of nitrogens with one attached hydrogen (secondary N) is 1. The van der Waals surface area contributed by atoms with Crippen molar-refractivity contribution in [3.8, 4) is 5.69 Å². The van der Waals surface area contributed by atoms with Crippen molar-refractivity contribution < 1.29 is 14.3 Å². The predicted molar refractivity (Wildman–Crippen MR) is 93.3 cm³/mol. The van der Waals surface area contributed by atoms with E-state index in [2.05, 4.69) is 20.4 Å². The second-order valence-corrected chi connectivity index (χ2v) is 5.47. The summed E-state index contributed by atoms with van der Waals surface area (Å²) in [5.41, 5.74) is 1.59. The number of fused-ring (bicyclic) bond motifs is 1. The highest BCUT2D eigenvalue weighted by atomic mass is 19.1. The lowest BCUT2D eigenvalue weighted by atomic mass is 10.2. The molecule has 0 saturated heterocycles. The highest BCUT2D eigenvalue weighted by Crippen LogP contribution is 2.25. The summed E-state index contributed by atoms with van der Waals surface area (Å²) in [5.74, 6) is -0.914. The molecule has 0 radical (unpaired) electrons. The number of hydrogen-bond acceptors (Lipinski definition) is 5. The average Bonchev–Trinajstić information content (AvgIpc) is 3.07. The Labute approximate surface area is 146 Å². The smallest absolute Gasteiger partial charge is 0.335 e. The lowest BCUT2D eigenvalue weighted by Crippen LogP contribution is -2.01. The molecule has 0 bridgehead atoms. The number of carbonyl (C=O) groups is 1. The van der Waals surface area contributed by atoms with Crippen LogP contribution in [-0.4, -0.2) is 30.8 Å². The van der Waals surface area contributed by atoms with Crippen molar-refractivity contribution >= 4 is 28.5 Å². The van der Waals surface area contributed by atoms with Crippen LogP contribution in [0.25, 0.3) is 16.7 Å². The number of aromatic carboxylic acids is 1. The van der Waals surface area contributed by atoms with Gasteiger partial charge in [-0.25, -0.2) is 23.8 Å². The minimum absolute atomic E-state index is 0.191. The number of benzene rings is 2. The first-order valence-corrected chi connectivity index (χ1v) is 7.67. The lowest BCUT2D eigenvalue weighted by Gasteiger charge is -2.07. The van der Waals surface area contributed by atoms with Gasteiger partial charge in [0, 0.05) is 5.69 Å². The van der Waals surface area contributed by atoms with E-state index in [1.807, 2.05) is 0 Å².